The maximum Gasteiger partial charge on any atom is 0.113 e. The van der Waals surface area contributed by atoms with E-state index in [1.807, 2.05) is 0 Å². The van der Waals surface area contributed by atoms with E-state index in [9.17, 15) is 9.50 Å². The first kappa shape index (κ1) is 9.93. The number of ether oxygens (including phenoxy) is 1. The first-order valence-corrected chi connectivity index (χ1v) is 4.39. The van der Waals surface area contributed by atoms with Crippen molar-refractivity contribution in [3.8, 4) is 0 Å². The van der Waals surface area contributed by atoms with Crippen LogP contribution >= 0.6 is 0 Å². The molecule has 0 saturated carbocycles. The van der Waals surface area contributed by atoms with Crippen molar-refractivity contribution in [3.63, 3.8) is 0 Å². The Labute approximate surface area is 72.7 Å². The molecule has 0 aromatic carbocycles. The van der Waals surface area contributed by atoms with Gasteiger partial charge in [0.25, 0.3) is 0 Å². The van der Waals surface area contributed by atoms with Gasteiger partial charge in [-0.2, -0.15) is 0 Å². The lowest BCUT2D eigenvalue weighted by Gasteiger charge is -2.42. The molecule has 72 valence electrons. The summed E-state index contributed by atoms with van der Waals surface area (Å²) < 4.78 is 18.9. The zero-order valence-electron chi connectivity index (χ0n) is 7.77. The molecule has 0 spiro atoms. The third-order valence-corrected chi connectivity index (χ3v) is 3.01. The number of halogens is 1. The fourth-order valence-electron chi connectivity index (χ4n) is 1.70. The van der Waals surface area contributed by atoms with E-state index < -0.39 is 11.1 Å². The Bertz CT molecular complexity index is 145. The highest BCUT2D eigenvalue weighted by atomic mass is 19.1. The van der Waals surface area contributed by atoms with Gasteiger partial charge in [-0.25, -0.2) is 4.39 Å². The van der Waals surface area contributed by atoms with E-state index in [4.69, 9.17) is 4.74 Å². The first-order chi connectivity index (χ1) is 5.52. The molecule has 0 amide bonds. The van der Waals surface area contributed by atoms with Crippen molar-refractivity contribution in [2.45, 2.75) is 32.4 Å². The third kappa shape index (κ3) is 1.62. The van der Waals surface area contributed by atoms with Crippen LogP contribution in [-0.2, 0) is 4.74 Å². The molecule has 0 unspecified atom stereocenters. The number of aliphatic hydroxyl groups is 1. The van der Waals surface area contributed by atoms with Crippen LogP contribution in [0, 0.1) is 5.41 Å². The summed E-state index contributed by atoms with van der Waals surface area (Å²) in [5.74, 6) is 0. The fourth-order valence-corrected chi connectivity index (χ4v) is 1.70. The molecule has 1 heterocycles. The normalized spacial score (nSPS) is 24.0. The van der Waals surface area contributed by atoms with Crippen LogP contribution in [0.5, 0.6) is 0 Å². The molecule has 1 rings (SSSR count). The second-order valence-corrected chi connectivity index (χ2v) is 4.02. The lowest BCUT2D eigenvalue weighted by atomic mass is 9.70. The van der Waals surface area contributed by atoms with Crippen LogP contribution in [0.4, 0.5) is 4.39 Å². The molecule has 0 bridgehead atoms. The summed E-state index contributed by atoms with van der Waals surface area (Å²) >= 11 is 0. The van der Waals surface area contributed by atoms with Gasteiger partial charge in [0.1, 0.15) is 5.67 Å². The summed E-state index contributed by atoms with van der Waals surface area (Å²) in [6, 6.07) is 0. The van der Waals surface area contributed by atoms with E-state index in [2.05, 4.69) is 0 Å². The molecule has 1 fully saturated rings. The molecular formula is C9H17FO2. The Morgan fingerprint density at radius 2 is 1.92 bits per heavy atom. The zero-order chi connectivity index (χ0) is 9.24. The Morgan fingerprint density at radius 3 is 2.17 bits per heavy atom. The molecule has 3 heteroatoms. The highest BCUT2D eigenvalue weighted by Gasteiger charge is 2.45. The Kier molecular flexibility index (Phi) is 2.74. The van der Waals surface area contributed by atoms with Gasteiger partial charge in [-0.1, -0.05) is 0 Å². The van der Waals surface area contributed by atoms with Gasteiger partial charge < -0.3 is 9.84 Å². The minimum atomic E-state index is -1.31. The molecule has 1 aliphatic rings. The van der Waals surface area contributed by atoms with Crippen molar-refractivity contribution in [3.05, 3.63) is 0 Å². The summed E-state index contributed by atoms with van der Waals surface area (Å²) in [7, 11) is 0. The number of aliphatic hydroxyl groups excluding tert-OH is 1. The molecule has 2 nitrogen and oxygen atoms in total. The van der Waals surface area contributed by atoms with Crippen LogP contribution in [0.3, 0.4) is 0 Å². The van der Waals surface area contributed by atoms with Crippen LogP contribution in [-0.4, -0.2) is 30.6 Å². The number of rotatable bonds is 2. The van der Waals surface area contributed by atoms with Crippen molar-refractivity contribution in [1.82, 2.24) is 0 Å². The van der Waals surface area contributed by atoms with Crippen LogP contribution in [0.1, 0.15) is 26.7 Å². The molecular weight excluding hydrogens is 159 g/mol. The number of hydrogen-bond donors (Lipinski definition) is 1. The molecule has 1 aliphatic heterocycles. The molecule has 0 atom stereocenters. The minimum Gasteiger partial charge on any atom is -0.396 e. The maximum absolute atomic E-state index is 13.7. The summed E-state index contributed by atoms with van der Waals surface area (Å²) in [4.78, 5) is 0. The SMILES string of the molecule is CC(C)(F)C1(CO)CCOCC1. The van der Waals surface area contributed by atoms with E-state index >= 15 is 0 Å². The van der Waals surface area contributed by atoms with E-state index in [1.54, 1.807) is 0 Å². The topological polar surface area (TPSA) is 29.5 Å². The smallest absolute Gasteiger partial charge is 0.113 e. The van der Waals surface area contributed by atoms with Crippen LogP contribution in [0.25, 0.3) is 0 Å². The van der Waals surface area contributed by atoms with Gasteiger partial charge in [-0.05, 0) is 26.7 Å². The van der Waals surface area contributed by atoms with Gasteiger partial charge in [0.05, 0.1) is 6.61 Å². The zero-order valence-corrected chi connectivity index (χ0v) is 7.77. The summed E-state index contributed by atoms with van der Waals surface area (Å²) in [6.45, 7) is 4.12. The van der Waals surface area contributed by atoms with Gasteiger partial charge >= 0.3 is 0 Å². The molecule has 12 heavy (non-hydrogen) atoms. The largest absolute Gasteiger partial charge is 0.396 e. The third-order valence-electron chi connectivity index (χ3n) is 3.01. The molecule has 0 aromatic heterocycles. The average molecular weight is 176 g/mol. The van der Waals surface area contributed by atoms with E-state index in [-0.39, 0.29) is 6.61 Å². The highest BCUT2D eigenvalue weighted by molar-refractivity contribution is 4.94. The quantitative estimate of drug-likeness (QED) is 0.691. The fraction of sp³-hybridized carbons (Fsp3) is 1.00. The lowest BCUT2D eigenvalue weighted by Crippen LogP contribution is -2.47. The maximum atomic E-state index is 13.7. The monoisotopic (exact) mass is 176 g/mol. The predicted molar refractivity (Wildman–Crippen MR) is 44.8 cm³/mol. The van der Waals surface area contributed by atoms with Gasteiger partial charge in [-0.3, -0.25) is 0 Å². The van der Waals surface area contributed by atoms with Crippen molar-refractivity contribution in [2.24, 2.45) is 5.41 Å². The average Bonchev–Trinajstić information content (AvgIpc) is 2.04. The summed E-state index contributed by atoms with van der Waals surface area (Å²) in [6.07, 6.45) is 1.24. The van der Waals surface area contributed by atoms with Gasteiger partial charge in [0.2, 0.25) is 0 Å². The molecule has 1 saturated heterocycles. The van der Waals surface area contributed by atoms with Crippen molar-refractivity contribution in [2.75, 3.05) is 19.8 Å². The predicted octanol–water partition coefficient (Wildman–Crippen LogP) is 1.52. The first-order valence-electron chi connectivity index (χ1n) is 4.39. The standard InChI is InChI=1S/C9H17FO2/c1-8(2,10)9(7-11)3-5-12-6-4-9/h11H,3-7H2,1-2H3. The summed E-state index contributed by atoms with van der Waals surface area (Å²) in [5.41, 5.74) is -1.89. The van der Waals surface area contributed by atoms with Gasteiger partial charge in [0.15, 0.2) is 0 Å². The molecule has 0 radical (unpaired) electrons. The Balaban J connectivity index is 2.73. The Morgan fingerprint density at radius 1 is 1.42 bits per heavy atom. The second kappa shape index (κ2) is 3.30. The molecule has 0 aromatic rings. The van der Waals surface area contributed by atoms with Gasteiger partial charge in [0, 0.05) is 18.6 Å². The molecule has 1 N–H and O–H groups in total. The van der Waals surface area contributed by atoms with E-state index in [0.717, 1.165) is 0 Å². The van der Waals surface area contributed by atoms with E-state index in [1.165, 1.54) is 13.8 Å². The van der Waals surface area contributed by atoms with Gasteiger partial charge in [-0.15, -0.1) is 0 Å². The van der Waals surface area contributed by atoms with Crippen LogP contribution in [0.2, 0.25) is 0 Å². The molecule has 0 aliphatic carbocycles. The van der Waals surface area contributed by atoms with E-state index in [0.29, 0.717) is 26.1 Å². The van der Waals surface area contributed by atoms with Crippen molar-refractivity contribution < 1.29 is 14.2 Å². The van der Waals surface area contributed by atoms with Crippen molar-refractivity contribution >= 4 is 0 Å². The summed E-state index contributed by atoms with van der Waals surface area (Å²) in [5, 5.41) is 9.18. The van der Waals surface area contributed by atoms with Crippen molar-refractivity contribution in [1.29, 1.82) is 0 Å². The minimum absolute atomic E-state index is 0.0835. The van der Waals surface area contributed by atoms with Crippen LogP contribution in [0.15, 0.2) is 0 Å². The lowest BCUT2D eigenvalue weighted by molar-refractivity contribution is -0.0962. The Hall–Kier alpha value is -0.150. The van der Waals surface area contributed by atoms with Crippen LogP contribution < -0.4 is 0 Å². The number of hydrogen-bond acceptors (Lipinski definition) is 2. The highest BCUT2D eigenvalue weighted by Crippen LogP contribution is 2.42. The number of alkyl halides is 1. The second-order valence-electron chi connectivity index (χ2n) is 4.02.